The van der Waals surface area contributed by atoms with Gasteiger partial charge in [-0.1, -0.05) is 13.0 Å². The maximum absolute atomic E-state index is 12.3. The van der Waals surface area contributed by atoms with E-state index >= 15 is 0 Å². The third-order valence-electron chi connectivity index (χ3n) is 4.08. The minimum absolute atomic E-state index is 0.147. The van der Waals surface area contributed by atoms with Crippen LogP contribution in [0.5, 0.6) is 0 Å². The molecule has 0 radical (unpaired) electrons. The molecule has 24 heavy (non-hydrogen) atoms. The van der Waals surface area contributed by atoms with Gasteiger partial charge in [-0.2, -0.15) is 5.10 Å². The van der Waals surface area contributed by atoms with Crippen molar-refractivity contribution in [2.24, 2.45) is 0 Å². The SMILES string of the molecule is CCc1nc2n(n1)CCCC2NC(=O)Nc1nnc2ccccn12. The number of fused-ring (bicyclic) bond motifs is 2. The Bertz CT molecular complexity index is 883. The molecule has 0 fully saturated rings. The van der Waals surface area contributed by atoms with E-state index in [1.165, 1.54) is 0 Å². The van der Waals surface area contributed by atoms with E-state index in [0.717, 1.165) is 37.5 Å². The van der Waals surface area contributed by atoms with Crippen LogP contribution < -0.4 is 10.6 Å². The molecule has 0 spiro atoms. The van der Waals surface area contributed by atoms with Gasteiger partial charge in [0.1, 0.15) is 5.82 Å². The average Bonchev–Trinajstić information content (AvgIpc) is 3.20. The summed E-state index contributed by atoms with van der Waals surface area (Å²) in [6.45, 7) is 2.86. The van der Waals surface area contributed by atoms with E-state index < -0.39 is 0 Å². The summed E-state index contributed by atoms with van der Waals surface area (Å²) in [7, 11) is 0. The van der Waals surface area contributed by atoms with Gasteiger partial charge in [-0.15, -0.1) is 10.2 Å². The van der Waals surface area contributed by atoms with Gasteiger partial charge in [0.15, 0.2) is 11.5 Å². The maximum Gasteiger partial charge on any atom is 0.322 e. The van der Waals surface area contributed by atoms with Crippen molar-refractivity contribution in [2.75, 3.05) is 5.32 Å². The van der Waals surface area contributed by atoms with E-state index in [2.05, 4.69) is 30.9 Å². The number of anilines is 1. The van der Waals surface area contributed by atoms with Crippen LogP contribution in [-0.2, 0) is 13.0 Å². The quantitative estimate of drug-likeness (QED) is 0.760. The summed E-state index contributed by atoms with van der Waals surface area (Å²) < 4.78 is 3.61. The van der Waals surface area contributed by atoms with Crippen LogP contribution in [0.25, 0.3) is 5.65 Å². The van der Waals surface area contributed by atoms with Crippen molar-refractivity contribution >= 4 is 17.6 Å². The smallest absolute Gasteiger partial charge is 0.322 e. The molecule has 1 atom stereocenters. The molecular weight excluding hydrogens is 308 g/mol. The highest BCUT2D eigenvalue weighted by Crippen LogP contribution is 2.23. The number of nitrogens with zero attached hydrogens (tertiary/aromatic N) is 6. The normalized spacial score (nSPS) is 16.8. The number of nitrogens with one attached hydrogen (secondary N) is 2. The largest absolute Gasteiger partial charge is 0.328 e. The highest BCUT2D eigenvalue weighted by atomic mass is 16.2. The lowest BCUT2D eigenvalue weighted by molar-refractivity contribution is 0.244. The van der Waals surface area contributed by atoms with Crippen molar-refractivity contribution in [1.82, 2.24) is 34.7 Å². The molecule has 1 aliphatic heterocycles. The average molecular weight is 326 g/mol. The van der Waals surface area contributed by atoms with Crippen LogP contribution in [0.15, 0.2) is 24.4 Å². The third kappa shape index (κ3) is 2.57. The molecule has 0 aromatic carbocycles. The molecule has 9 heteroatoms. The van der Waals surface area contributed by atoms with Gasteiger partial charge in [-0.05, 0) is 25.0 Å². The van der Waals surface area contributed by atoms with Crippen LogP contribution in [0, 0.1) is 0 Å². The molecule has 0 saturated carbocycles. The maximum atomic E-state index is 12.3. The summed E-state index contributed by atoms with van der Waals surface area (Å²) in [5.41, 5.74) is 0.679. The van der Waals surface area contributed by atoms with Crippen molar-refractivity contribution in [1.29, 1.82) is 0 Å². The molecule has 0 aliphatic carbocycles. The summed E-state index contributed by atoms with van der Waals surface area (Å²) in [4.78, 5) is 16.9. The zero-order chi connectivity index (χ0) is 16.5. The summed E-state index contributed by atoms with van der Waals surface area (Å²) in [6.07, 6.45) is 4.38. The number of carbonyl (C=O) groups excluding carboxylic acids is 1. The number of amides is 2. The van der Waals surface area contributed by atoms with Gasteiger partial charge < -0.3 is 5.32 Å². The molecule has 0 saturated heterocycles. The summed E-state index contributed by atoms with van der Waals surface area (Å²) in [6, 6.07) is 5.08. The Hall–Kier alpha value is -2.97. The van der Waals surface area contributed by atoms with Crippen molar-refractivity contribution < 1.29 is 4.79 Å². The lowest BCUT2D eigenvalue weighted by atomic mass is 10.1. The standard InChI is InChI=1S/C15H18N8O/c1-2-11-17-13-10(6-5-9-23(13)21-11)16-15(24)18-14-20-19-12-7-3-4-8-22(12)14/h3-4,7-8,10H,2,5-6,9H2,1H3,(H2,16,18,20,24). The molecule has 124 valence electrons. The van der Waals surface area contributed by atoms with Crippen LogP contribution in [0.2, 0.25) is 0 Å². The Morgan fingerprint density at radius 2 is 2.29 bits per heavy atom. The second-order valence-corrected chi connectivity index (χ2v) is 5.71. The number of urea groups is 1. The van der Waals surface area contributed by atoms with Crippen LogP contribution in [0.4, 0.5) is 10.7 Å². The number of hydrogen-bond acceptors (Lipinski definition) is 5. The predicted octanol–water partition coefficient (Wildman–Crippen LogP) is 1.54. The fourth-order valence-electron chi connectivity index (χ4n) is 2.91. The monoisotopic (exact) mass is 326 g/mol. The van der Waals surface area contributed by atoms with Crippen LogP contribution in [0.3, 0.4) is 0 Å². The first-order chi connectivity index (χ1) is 11.7. The topological polar surface area (TPSA) is 102 Å². The van der Waals surface area contributed by atoms with Crippen molar-refractivity contribution in [3.8, 4) is 0 Å². The summed E-state index contributed by atoms with van der Waals surface area (Å²) in [5.74, 6) is 2.01. The Kier molecular flexibility index (Phi) is 3.60. The fourth-order valence-corrected chi connectivity index (χ4v) is 2.91. The van der Waals surface area contributed by atoms with Gasteiger partial charge in [0.25, 0.3) is 0 Å². The Labute approximate surface area is 138 Å². The molecule has 4 rings (SSSR count). The van der Waals surface area contributed by atoms with Gasteiger partial charge in [-0.25, -0.2) is 14.5 Å². The van der Waals surface area contributed by atoms with Crippen molar-refractivity contribution in [3.05, 3.63) is 36.0 Å². The van der Waals surface area contributed by atoms with E-state index in [-0.39, 0.29) is 12.1 Å². The number of aromatic nitrogens is 6. The highest BCUT2D eigenvalue weighted by Gasteiger charge is 2.25. The third-order valence-corrected chi connectivity index (χ3v) is 4.08. The van der Waals surface area contributed by atoms with Gasteiger partial charge in [0, 0.05) is 19.2 Å². The van der Waals surface area contributed by atoms with Crippen molar-refractivity contribution in [2.45, 2.75) is 38.8 Å². The predicted molar refractivity (Wildman–Crippen MR) is 86.5 cm³/mol. The molecule has 2 amide bonds. The molecule has 3 aromatic rings. The Morgan fingerprint density at radius 1 is 1.38 bits per heavy atom. The first-order valence-corrected chi connectivity index (χ1v) is 8.05. The number of rotatable bonds is 3. The zero-order valence-electron chi connectivity index (χ0n) is 13.3. The van der Waals surface area contributed by atoms with E-state index in [0.29, 0.717) is 11.6 Å². The summed E-state index contributed by atoms with van der Waals surface area (Å²) >= 11 is 0. The molecular formula is C15H18N8O. The number of hydrogen-bond donors (Lipinski definition) is 2. The van der Waals surface area contributed by atoms with Crippen LogP contribution >= 0.6 is 0 Å². The van der Waals surface area contributed by atoms with Gasteiger partial charge in [-0.3, -0.25) is 9.72 Å². The number of carbonyl (C=O) groups is 1. The first-order valence-electron chi connectivity index (χ1n) is 8.05. The first kappa shape index (κ1) is 14.6. The summed E-state index contributed by atoms with van der Waals surface area (Å²) in [5, 5.41) is 18.2. The molecule has 9 nitrogen and oxygen atoms in total. The van der Waals surface area contributed by atoms with Crippen LogP contribution in [0.1, 0.15) is 37.5 Å². The van der Waals surface area contributed by atoms with E-state index in [1.807, 2.05) is 29.8 Å². The fraction of sp³-hybridized carbons (Fsp3) is 0.400. The molecule has 1 unspecified atom stereocenters. The number of aryl methyl sites for hydroxylation is 2. The van der Waals surface area contributed by atoms with E-state index in [9.17, 15) is 4.79 Å². The number of pyridine rings is 1. The molecule has 1 aliphatic rings. The Balaban J connectivity index is 1.50. The lowest BCUT2D eigenvalue weighted by Gasteiger charge is -2.22. The second kappa shape index (κ2) is 5.91. The minimum Gasteiger partial charge on any atom is -0.328 e. The molecule has 0 bridgehead atoms. The van der Waals surface area contributed by atoms with E-state index in [4.69, 9.17) is 0 Å². The van der Waals surface area contributed by atoms with Gasteiger partial charge >= 0.3 is 6.03 Å². The van der Waals surface area contributed by atoms with Crippen LogP contribution in [-0.4, -0.2) is 35.4 Å². The lowest BCUT2D eigenvalue weighted by Crippen LogP contribution is -2.36. The van der Waals surface area contributed by atoms with Gasteiger partial charge in [0.05, 0.1) is 6.04 Å². The van der Waals surface area contributed by atoms with Crippen molar-refractivity contribution in [3.63, 3.8) is 0 Å². The van der Waals surface area contributed by atoms with Gasteiger partial charge in [0.2, 0.25) is 5.95 Å². The highest BCUT2D eigenvalue weighted by molar-refractivity contribution is 5.88. The molecule has 4 heterocycles. The molecule has 3 aromatic heterocycles. The zero-order valence-corrected chi connectivity index (χ0v) is 13.3. The minimum atomic E-state index is -0.326. The second-order valence-electron chi connectivity index (χ2n) is 5.71. The Morgan fingerprint density at radius 3 is 3.17 bits per heavy atom. The van der Waals surface area contributed by atoms with E-state index in [1.54, 1.807) is 10.6 Å². The molecule has 2 N–H and O–H groups in total.